The second-order valence-corrected chi connectivity index (χ2v) is 3.76. The smallest absolute Gasteiger partial charge is 0.325 e. The van der Waals surface area contributed by atoms with Crippen molar-refractivity contribution in [1.82, 2.24) is 4.90 Å². The summed E-state index contributed by atoms with van der Waals surface area (Å²) < 4.78 is 5.03. The molecule has 0 aromatic heterocycles. The Kier molecular flexibility index (Phi) is 5.94. The molecule has 3 heteroatoms. The summed E-state index contributed by atoms with van der Waals surface area (Å²) in [4.78, 5) is 13.7. The molecule has 0 heterocycles. The second-order valence-electron chi connectivity index (χ2n) is 3.76. The van der Waals surface area contributed by atoms with Gasteiger partial charge in [-0.1, -0.05) is 12.2 Å². The van der Waals surface area contributed by atoms with E-state index >= 15 is 0 Å². The highest BCUT2D eigenvalue weighted by Crippen LogP contribution is 2.16. The Balaban J connectivity index is 4.66. The van der Waals surface area contributed by atoms with Crippen LogP contribution in [0.15, 0.2) is 25.3 Å². The van der Waals surface area contributed by atoms with Gasteiger partial charge >= 0.3 is 5.97 Å². The molecule has 0 spiro atoms. The topological polar surface area (TPSA) is 29.5 Å². The molecule has 15 heavy (non-hydrogen) atoms. The van der Waals surface area contributed by atoms with Crippen LogP contribution >= 0.6 is 0 Å². The summed E-state index contributed by atoms with van der Waals surface area (Å²) in [5.41, 5.74) is -0.640. The molecule has 0 amide bonds. The van der Waals surface area contributed by atoms with Gasteiger partial charge < -0.3 is 4.74 Å². The van der Waals surface area contributed by atoms with Crippen LogP contribution in [-0.2, 0) is 9.53 Å². The number of carbonyl (C=O) groups is 1. The summed E-state index contributed by atoms with van der Waals surface area (Å²) in [7, 11) is 0. The van der Waals surface area contributed by atoms with Crippen LogP contribution in [0.1, 0.15) is 20.8 Å². The molecule has 0 aromatic rings. The SMILES string of the molecule is C=CCN(CC=C)C(C)(C)C(=O)OCC. The Hall–Kier alpha value is -1.09. The lowest BCUT2D eigenvalue weighted by Gasteiger charge is -2.34. The van der Waals surface area contributed by atoms with Crippen LogP contribution < -0.4 is 0 Å². The molecule has 0 aromatic carbocycles. The van der Waals surface area contributed by atoms with E-state index in [2.05, 4.69) is 13.2 Å². The van der Waals surface area contributed by atoms with Gasteiger partial charge in [0.25, 0.3) is 0 Å². The van der Waals surface area contributed by atoms with Crippen LogP contribution in [0.5, 0.6) is 0 Å². The molecule has 0 saturated carbocycles. The number of ether oxygens (including phenoxy) is 1. The van der Waals surface area contributed by atoms with Crippen LogP contribution in [-0.4, -0.2) is 36.1 Å². The van der Waals surface area contributed by atoms with Crippen LogP contribution in [0.3, 0.4) is 0 Å². The normalized spacial score (nSPS) is 11.2. The average Bonchev–Trinajstić information content (AvgIpc) is 2.18. The summed E-state index contributed by atoms with van der Waals surface area (Å²) in [6, 6.07) is 0. The van der Waals surface area contributed by atoms with E-state index in [4.69, 9.17) is 4.74 Å². The highest BCUT2D eigenvalue weighted by molar-refractivity contribution is 5.79. The van der Waals surface area contributed by atoms with Crippen LogP contribution in [0.4, 0.5) is 0 Å². The van der Waals surface area contributed by atoms with Gasteiger partial charge in [0.15, 0.2) is 0 Å². The number of hydrogen-bond donors (Lipinski definition) is 0. The van der Waals surface area contributed by atoms with Crippen molar-refractivity contribution in [3.8, 4) is 0 Å². The fraction of sp³-hybridized carbons (Fsp3) is 0.583. The lowest BCUT2D eigenvalue weighted by Crippen LogP contribution is -2.51. The minimum absolute atomic E-state index is 0.214. The largest absolute Gasteiger partial charge is 0.465 e. The summed E-state index contributed by atoms with van der Waals surface area (Å²) in [5, 5.41) is 0. The van der Waals surface area contributed by atoms with Crippen molar-refractivity contribution in [2.45, 2.75) is 26.3 Å². The Morgan fingerprint density at radius 2 is 1.80 bits per heavy atom. The Bertz CT molecular complexity index is 224. The van der Waals surface area contributed by atoms with Crippen LogP contribution in [0, 0.1) is 0 Å². The third-order valence-electron chi connectivity index (χ3n) is 2.26. The van der Waals surface area contributed by atoms with E-state index in [1.165, 1.54) is 0 Å². The molecular weight excluding hydrogens is 190 g/mol. The molecule has 0 saturated heterocycles. The lowest BCUT2D eigenvalue weighted by molar-refractivity contribution is -0.155. The molecule has 0 radical (unpaired) electrons. The monoisotopic (exact) mass is 211 g/mol. The minimum Gasteiger partial charge on any atom is -0.465 e. The zero-order valence-corrected chi connectivity index (χ0v) is 9.95. The maximum Gasteiger partial charge on any atom is 0.325 e. The molecule has 0 atom stereocenters. The van der Waals surface area contributed by atoms with Crippen LogP contribution in [0.2, 0.25) is 0 Å². The predicted molar refractivity (Wildman–Crippen MR) is 62.7 cm³/mol. The quantitative estimate of drug-likeness (QED) is 0.476. The molecule has 3 nitrogen and oxygen atoms in total. The van der Waals surface area contributed by atoms with Gasteiger partial charge in [0.1, 0.15) is 5.54 Å². The lowest BCUT2D eigenvalue weighted by atomic mass is 10.0. The number of rotatable bonds is 7. The molecule has 0 N–H and O–H groups in total. The van der Waals surface area contributed by atoms with Crippen molar-refractivity contribution >= 4 is 5.97 Å². The summed E-state index contributed by atoms with van der Waals surface area (Å²) in [5.74, 6) is -0.214. The van der Waals surface area contributed by atoms with Gasteiger partial charge in [0.2, 0.25) is 0 Å². The molecular formula is C12H21NO2. The van der Waals surface area contributed by atoms with Gasteiger partial charge in [-0.3, -0.25) is 9.69 Å². The van der Waals surface area contributed by atoms with Crippen molar-refractivity contribution in [3.05, 3.63) is 25.3 Å². The van der Waals surface area contributed by atoms with E-state index in [0.717, 1.165) is 0 Å². The van der Waals surface area contributed by atoms with E-state index in [0.29, 0.717) is 19.7 Å². The minimum atomic E-state index is -0.640. The molecule has 0 aliphatic rings. The zero-order chi connectivity index (χ0) is 11.9. The van der Waals surface area contributed by atoms with E-state index in [9.17, 15) is 4.79 Å². The van der Waals surface area contributed by atoms with Gasteiger partial charge in [-0.2, -0.15) is 0 Å². The Labute approximate surface area is 92.4 Å². The number of nitrogens with zero attached hydrogens (tertiary/aromatic N) is 1. The van der Waals surface area contributed by atoms with Gasteiger partial charge in [0, 0.05) is 13.1 Å². The highest BCUT2D eigenvalue weighted by Gasteiger charge is 2.34. The first-order valence-corrected chi connectivity index (χ1v) is 5.14. The number of hydrogen-bond acceptors (Lipinski definition) is 3. The van der Waals surface area contributed by atoms with E-state index in [1.54, 1.807) is 19.1 Å². The highest BCUT2D eigenvalue weighted by atomic mass is 16.5. The molecule has 86 valence electrons. The van der Waals surface area contributed by atoms with Crippen molar-refractivity contribution in [2.24, 2.45) is 0 Å². The fourth-order valence-corrected chi connectivity index (χ4v) is 1.28. The Morgan fingerprint density at radius 1 is 1.33 bits per heavy atom. The predicted octanol–water partition coefficient (Wildman–Crippen LogP) is 2.00. The molecule has 0 unspecified atom stereocenters. The maximum atomic E-state index is 11.7. The molecule has 0 aliphatic carbocycles. The summed E-state index contributed by atoms with van der Waals surface area (Å²) in [6.45, 7) is 14.5. The number of carbonyl (C=O) groups excluding carboxylic acids is 1. The molecule has 0 fully saturated rings. The number of esters is 1. The summed E-state index contributed by atoms with van der Waals surface area (Å²) >= 11 is 0. The maximum absolute atomic E-state index is 11.7. The van der Waals surface area contributed by atoms with E-state index < -0.39 is 5.54 Å². The first kappa shape index (κ1) is 13.9. The second kappa shape index (κ2) is 6.40. The fourth-order valence-electron chi connectivity index (χ4n) is 1.28. The van der Waals surface area contributed by atoms with Crippen molar-refractivity contribution in [2.75, 3.05) is 19.7 Å². The van der Waals surface area contributed by atoms with E-state index in [1.807, 2.05) is 18.7 Å². The first-order valence-electron chi connectivity index (χ1n) is 5.14. The summed E-state index contributed by atoms with van der Waals surface area (Å²) in [6.07, 6.45) is 3.54. The molecule has 0 bridgehead atoms. The van der Waals surface area contributed by atoms with Crippen molar-refractivity contribution in [3.63, 3.8) is 0 Å². The third-order valence-corrected chi connectivity index (χ3v) is 2.26. The zero-order valence-electron chi connectivity index (χ0n) is 9.95. The Morgan fingerprint density at radius 3 is 2.13 bits per heavy atom. The average molecular weight is 211 g/mol. The van der Waals surface area contributed by atoms with Crippen LogP contribution in [0.25, 0.3) is 0 Å². The molecule has 0 aliphatic heterocycles. The van der Waals surface area contributed by atoms with E-state index in [-0.39, 0.29) is 5.97 Å². The van der Waals surface area contributed by atoms with Gasteiger partial charge in [0.05, 0.1) is 6.61 Å². The van der Waals surface area contributed by atoms with Gasteiger partial charge in [-0.25, -0.2) is 0 Å². The standard InChI is InChI=1S/C12H21NO2/c1-6-9-13(10-7-2)12(4,5)11(14)15-8-3/h6-7H,1-2,8-10H2,3-5H3. The van der Waals surface area contributed by atoms with Gasteiger partial charge in [-0.15, -0.1) is 13.2 Å². The molecule has 0 rings (SSSR count). The van der Waals surface area contributed by atoms with Gasteiger partial charge in [-0.05, 0) is 20.8 Å². The third kappa shape index (κ3) is 3.88. The van der Waals surface area contributed by atoms with Crippen molar-refractivity contribution < 1.29 is 9.53 Å². The van der Waals surface area contributed by atoms with Crippen molar-refractivity contribution in [1.29, 1.82) is 0 Å². The first-order chi connectivity index (χ1) is 7.00.